The van der Waals surface area contributed by atoms with Crippen molar-refractivity contribution < 1.29 is 32.2 Å². The number of carbonyl (C=O) groups excluding carboxylic acids is 1. The van der Waals surface area contributed by atoms with Gasteiger partial charge in [-0.2, -0.15) is 4.31 Å². The van der Waals surface area contributed by atoms with E-state index < -0.39 is 16.1 Å². The van der Waals surface area contributed by atoms with Gasteiger partial charge >= 0.3 is 6.09 Å². The fourth-order valence-electron chi connectivity index (χ4n) is 2.74. The molecule has 0 aromatic heterocycles. The minimum atomic E-state index is -3.77. The standard InChI is InChI=1S/C20H26N2O7S/c1-6-29-20(23)21-15-7-9-16(10-8-15)30(24,25)22(2)13-14-11-17(26-3)19(28-5)18(12-14)27-4/h7-12H,6,13H2,1-5H3,(H,21,23). The molecule has 0 spiro atoms. The summed E-state index contributed by atoms with van der Waals surface area (Å²) in [7, 11) is 2.19. The number of nitrogens with zero attached hydrogens (tertiary/aromatic N) is 1. The number of anilines is 1. The van der Waals surface area contributed by atoms with E-state index in [-0.39, 0.29) is 18.0 Å². The average Bonchev–Trinajstić information content (AvgIpc) is 2.73. The summed E-state index contributed by atoms with van der Waals surface area (Å²) >= 11 is 0. The number of hydrogen-bond donors (Lipinski definition) is 1. The normalized spacial score (nSPS) is 11.1. The van der Waals surface area contributed by atoms with Crippen molar-refractivity contribution in [3.63, 3.8) is 0 Å². The molecule has 164 valence electrons. The van der Waals surface area contributed by atoms with Crippen molar-refractivity contribution in [2.24, 2.45) is 0 Å². The third-order valence-electron chi connectivity index (χ3n) is 4.21. The van der Waals surface area contributed by atoms with Gasteiger partial charge in [0, 0.05) is 19.3 Å². The lowest BCUT2D eigenvalue weighted by Crippen LogP contribution is -2.26. The Morgan fingerprint density at radius 2 is 1.57 bits per heavy atom. The number of benzene rings is 2. The van der Waals surface area contributed by atoms with Gasteiger partial charge in [-0.05, 0) is 48.9 Å². The van der Waals surface area contributed by atoms with Crippen molar-refractivity contribution in [3.05, 3.63) is 42.0 Å². The van der Waals surface area contributed by atoms with E-state index in [0.29, 0.717) is 28.5 Å². The van der Waals surface area contributed by atoms with E-state index in [2.05, 4.69) is 5.32 Å². The number of carbonyl (C=O) groups is 1. The van der Waals surface area contributed by atoms with E-state index >= 15 is 0 Å². The molecule has 0 unspecified atom stereocenters. The molecule has 0 bridgehead atoms. The summed E-state index contributed by atoms with van der Waals surface area (Å²) < 4.78 is 47.8. The molecular formula is C20H26N2O7S. The summed E-state index contributed by atoms with van der Waals surface area (Å²) in [4.78, 5) is 11.6. The predicted octanol–water partition coefficient (Wildman–Crippen LogP) is 3.10. The second-order valence-corrected chi connectivity index (χ2v) is 8.21. The van der Waals surface area contributed by atoms with Gasteiger partial charge in [0.05, 0.1) is 32.8 Å². The molecule has 30 heavy (non-hydrogen) atoms. The molecule has 10 heteroatoms. The Kier molecular flexibility index (Phi) is 7.90. The first-order valence-corrected chi connectivity index (χ1v) is 10.5. The summed E-state index contributed by atoms with van der Waals surface area (Å²) in [5.41, 5.74) is 1.09. The van der Waals surface area contributed by atoms with Gasteiger partial charge in [-0.15, -0.1) is 0 Å². The number of hydrogen-bond acceptors (Lipinski definition) is 7. The largest absolute Gasteiger partial charge is 0.493 e. The molecule has 0 heterocycles. The molecule has 2 aromatic rings. The lowest BCUT2D eigenvalue weighted by molar-refractivity contribution is 0.168. The van der Waals surface area contributed by atoms with Gasteiger partial charge in [-0.3, -0.25) is 5.32 Å². The molecule has 0 saturated carbocycles. The summed E-state index contributed by atoms with van der Waals surface area (Å²) in [5, 5.41) is 2.52. The smallest absolute Gasteiger partial charge is 0.411 e. The maximum absolute atomic E-state index is 12.9. The van der Waals surface area contributed by atoms with Crippen LogP contribution >= 0.6 is 0 Å². The highest BCUT2D eigenvalue weighted by atomic mass is 32.2. The summed E-state index contributed by atoms with van der Waals surface area (Å²) in [5.74, 6) is 1.30. The van der Waals surface area contributed by atoms with Crippen LogP contribution in [0.1, 0.15) is 12.5 Å². The van der Waals surface area contributed by atoms with Crippen LogP contribution in [0.3, 0.4) is 0 Å². The van der Waals surface area contributed by atoms with Gasteiger partial charge in [0.1, 0.15) is 0 Å². The first-order valence-electron chi connectivity index (χ1n) is 9.05. The lowest BCUT2D eigenvalue weighted by atomic mass is 10.2. The molecule has 0 radical (unpaired) electrons. The minimum absolute atomic E-state index is 0.0852. The number of sulfonamides is 1. The Labute approximate surface area is 176 Å². The van der Waals surface area contributed by atoms with Gasteiger partial charge in [0.15, 0.2) is 11.5 Å². The first-order chi connectivity index (χ1) is 14.3. The molecular weight excluding hydrogens is 412 g/mol. The van der Waals surface area contributed by atoms with Crippen LogP contribution in [-0.2, 0) is 21.3 Å². The van der Waals surface area contributed by atoms with Crippen LogP contribution in [0.5, 0.6) is 17.2 Å². The quantitative estimate of drug-likeness (QED) is 0.642. The number of nitrogens with one attached hydrogen (secondary N) is 1. The monoisotopic (exact) mass is 438 g/mol. The zero-order valence-electron chi connectivity index (χ0n) is 17.6. The maximum atomic E-state index is 12.9. The van der Waals surface area contributed by atoms with Crippen molar-refractivity contribution in [1.29, 1.82) is 0 Å². The van der Waals surface area contributed by atoms with Crippen LogP contribution in [-0.4, -0.2) is 53.8 Å². The molecule has 2 rings (SSSR count). The number of methoxy groups -OCH3 is 3. The first kappa shape index (κ1) is 23.3. The van der Waals surface area contributed by atoms with Crippen LogP contribution in [0.2, 0.25) is 0 Å². The molecule has 0 fully saturated rings. The van der Waals surface area contributed by atoms with Gasteiger partial charge in [0.25, 0.3) is 0 Å². The molecule has 9 nitrogen and oxygen atoms in total. The second kappa shape index (κ2) is 10.2. The molecule has 1 amide bonds. The highest BCUT2D eigenvalue weighted by Gasteiger charge is 2.22. The summed E-state index contributed by atoms with van der Waals surface area (Å²) in [6, 6.07) is 9.22. The van der Waals surface area contributed by atoms with E-state index in [4.69, 9.17) is 18.9 Å². The van der Waals surface area contributed by atoms with Crippen LogP contribution in [0.4, 0.5) is 10.5 Å². The van der Waals surface area contributed by atoms with Gasteiger partial charge in [-0.1, -0.05) is 0 Å². The molecule has 0 aliphatic rings. The van der Waals surface area contributed by atoms with E-state index in [1.54, 1.807) is 19.1 Å². The Morgan fingerprint density at radius 3 is 2.03 bits per heavy atom. The van der Waals surface area contributed by atoms with Crippen LogP contribution < -0.4 is 19.5 Å². The second-order valence-electron chi connectivity index (χ2n) is 6.16. The molecule has 0 saturated heterocycles. The minimum Gasteiger partial charge on any atom is -0.493 e. The van der Waals surface area contributed by atoms with Crippen LogP contribution in [0.15, 0.2) is 41.3 Å². The molecule has 2 aromatic carbocycles. The zero-order chi connectivity index (χ0) is 22.3. The maximum Gasteiger partial charge on any atom is 0.411 e. The predicted molar refractivity (Wildman–Crippen MR) is 112 cm³/mol. The van der Waals surface area contributed by atoms with Gasteiger partial charge < -0.3 is 18.9 Å². The number of ether oxygens (including phenoxy) is 4. The zero-order valence-corrected chi connectivity index (χ0v) is 18.4. The van der Waals surface area contributed by atoms with E-state index in [0.717, 1.165) is 0 Å². The Bertz CT molecular complexity index is 950. The third kappa shape index (κ3) is 5.33. The molecule has 1 N–H and O–H groups in total. The van der Waals surface area contributed by atoms with Crippen LogP contribution in [0.25, 0.3) is 0 Å². The van der Waals surface area contributed by atoms with Gasteiger partial charge in [0.2, 0.25) is 15.8 Å². The van der Waals surface area contributed by atoms with E-state index in [9.17, 15) is 13.2 Å². The fourth-order valence-corrected chi connectivity index (χ4v) is 3.90. The number of amides is 1. The van der Waals surface area contributed by atoms with Crippen molar-refractivity contribution in [1.82, 2.24) is 4.31 Å². The van der Waals surface area contributed by atoms with Crippen molar-refractivity contribution in [2.45, 2.75) is 18.4 Å². The third-order valence-corrected chi connectivity index (χ3v) is 6.03. The Morgan fingerprint density at radius 1 is 1.00 bits per heavy atom. The number of rotatable bonds is 9. The van der Waals surface area contributed by atoms with E-state index in [1.807, 2.05) is 0 Å². The highest BCUT2D eigenvalue weighted by molar-refractivity contribution is 7.89. The highest BCUT2D eigenvalue weighted by Crippen LogP contribution is 2.38. The summed E-state index contributed by atoms with van der Waals surface area (Å²) in [6.45, 7) is 2.02. The van der Waals surface area contributed by atoms with Crippen molar-refractivity contribution >= 4 is 21.8 Å². The SMILES string of the molecule is CCOC(=O)Nc1ccc(S(=O)(=O)N(C)Cc2cc(OC)c(OC)c(OC)c2)cc1. The molecule has 0 aliphatic heterocycles. The van der Waals surface area contributed by atoms with Crippen molar-refractivity contribution in [3.8, 4) is 17.2 Å². The molecule has 0 aliphatic carbocycles. The Balaban J connectivity index is 2.22. The summed E-state index contributed by atoms with van der Waals surface area (Å²) in [6.07, 6.45) is -0.604. The fraction of sp³-hybridized carbons (Fsp3) is 0.350. The van der Waals surface area contributed by atoms with E-state index in [1.165, 1.54) is 56.9 Å². The average molecular weight is 439 g/mol. The Hall–Kier alpha value is -2.98. The van der Waals surface area contributed by atoms with Crippen LogP contribution in [0, 0.1) is 0 Å². The topological polar surface area (TPSA) is 103 Å². The lowest BCUT2D eigenvalue weighted by Gasteiger charge is -2.19. The van der Waals surface area contributed by atoms with Gasteiger partial charge in [-0.25, -0.2) is 13.2 Å². The molecule has 0 atom stereocenters. The van der Waals surface area contributed by atoms with Crippen molar-refractivity contribution in [2.75, 3.05) is 40.3 Å².